The first kappa shape index (κ1) is 18.0. The first-order valence-electron chi connectivity index (χ1n) is 8.78. The SMILES string of the molecule is C=C(CCNCCCCCCCCCC)c1ccccc1. The molecule has 0 spiro atoms. The van der Waals surface area contributed by atoms with Gasteiger partial charge < -0.3 is 5.32 Å². The maximum Gasteiger partial charge on any atom is -0.000835 e. The van der Waals surface area contributed by atoms with Crippen LogP contribution in [0.4, 0.5) is 0 Å². The molecule has 0 aliphatic rings. The van der Waals surface area contributed by atoms with Crippen molar-refractivity contribution < 1.29 is 0 Å². The lowest BCUT2D eigenvalue weighted by Gasteiger charge is -2.07. The summed E-state index contributed by atoms with van der Waals surface area (Å²) in [6, 6.07) is 10.5. The van der Waals surface area contributed by atoms with Gasteiger partial charge in [0.05, 0.1) is 0 Å². The number of rotatable bonds is 13. The fourth-order valence-corrected chi connectivity index (χ4v) is 2.57. The minimum atomic E-state index is 1.04. The van der Waals surface area contributed by atoms with Gasteiger partial charge in [-0.1, -0.05) is 88.8 Å². The quantitative estimate of drug-likeness (QED) is 0.451. The largest absolute Gasteiger partial charge is 0.316 e. The summed E-state index contributed by atoms with van der Waals surface area (Å²) < 4.78 is 0. The molecule has 118 valence electrons. The Morgan fingerprint density at radius 3 is 2.14 bits per heavy atom. The van der Waals surface area contributed by atoms with E-state index in [0.717, 1.165) is 19.5 Å². The highest BCUT2D eigenvalue weighted by molar-refractivity contribution is 5.63. The molecule has 1 aromatic carbocycles. The molecule has 1 N–H and O–H groups in total. The number of hydrogen-bond acceptors (Lipinski definition) is 1. The van der Waals surface area contributed by atoms with Gasteiger partial charge in [-0.05, 0) is 37.1 Å². The third-order valence-electron chi connectivity index (χ3n) is 3.99. The number of unbranched alkanes of at least 4 members (excludes halogenated alkanes) is 7. The lowest BCUT2D eigenvalue weighted by molar-refractivity contribution is 0.557. The molecule has 0 unspecified atom stereocenters. The van der Waals surface area contributed by atoms with Gasteiger partial charge in [-0.2, -0.15) is 0 Å². The van der Waals surface area contributed by atoms with E-state index in [0.29, 0.717) is 0 Å². The summed E-state index contributed by atoms with van der Waals surface area (Å²) in [5.74, 6) is 0. The van der Waals surface area contributed by atoms with Crippen molar-refractivity contribution in [1.29, 1.82) is 0 Å². The highest BCUT2D eigenvalue weighted by Crippen LogP contribution is 2.14. The van der Waals surface area contributed by atoms with Crippen molar-refractivity contribution in [2.75, 3.05) is 13.1 Å². The number of nitrogens with one attached hydrogen (secondary N) is 1. The Hall–Kier alpha value is -1.08. The van der Waals surface area contributed by atoms with E-state index < -0.39 is 0 Å². The molecule has 1 heteroatoms. The van der Waals surface area contributed by atoms with Crippen molar-refractivity contribution in [3.05, 3.63) is 42.5 Å². The monoisotopic (exact) mass is 287 g/mol. The van der Waals surface area contributed by atoms with Crippen LogP contribution in [-0.2, 0) is 0 Å². The van der Waals surface area contributed by atoms with Crippen LogP contribution in [0.1, 0.15) is 70.3 Å². The molecule has 0 bridgehead atoms. The molecule has 0 fully saturated rings. The van der Waals surface area contributed by atoms with Crippen molar-refractivity contribution in [2.24, 2.45) is 0 Å². The first-order chi connectivity index (χ1) is 10.3. The molecular weight excluding hydrogens is 254 g/mol. The van der Waals surface area contributed by atoms with Gasteiger partial charge in [0.2, 0.25) is 0 Å². The van der Waals surface area contributed by atoms with Crippen molar-refractivity contribution in [1.82, 2.24) is 5.32 Å². The molecule has 0 aromatic heterocycles. The van der Waals surface area contributed by atoms with Gasteiger partial charge in [0, 0.05) is 0 Å². The Labute approximate surface area is 131 Å². The minimum absolute atomic E-state index is 1.04. The van der Waals surface area contributed by atoms with Crippen molar-refractivity contribution >= 4 is 5.57 Å². The Balaban J connectivity index is 1.88. The van der Waals surface area contributed by atoms with Crippen LogP contribution < -0.4 is 5.32 Å². The van der Waals surface area contributed by atoms with Gasteiger partial charge in [0.25, 0.3) is 0 Å². The second kappa shape index (κ2) is 12.6. The Morgan fingerprint density at radius 2 is 1.48 bits per heavy atom. The average molecular weight is 287 g/mol. The lowest BCUT2D eigenvalue weighted by Crippen LogP contribution is -2.16. The van der Waals surface area contributed by atoms with Crippen molar-refractivity contribution in [3.63, 3.8) is 0 Å². The van der Waals surface area contributed by atoms with Crippen LogP contribution in [0.2, 0.25) is 0 Å². The molecule has 0 saturated carbocycles. The van der Waals surface area contributed by atoms with E-state index in [2.05, 4.69) is 49.2 Å². The summed E-state index contributed by atoms with van der Waals surface area (Å²) in [5, 5.41) is 3.54. The first-order valence-corrected chi connectivity index (χ1v) is 8.78. The topological polar surface area (TPSA) is 12.0 Å². The second-order valence-electron chi connectivity index (χ2n) is 5.94. The molecule has 0 atom stereocenters. The van der Waals surface area contributed by atoms with Gasteiger partial charge in [-0.15, -0.1) is 0 Å². The van der Waals surface area contributed by atoms with Gasteiger partial charge in [-0.3, -0.25) is 0 Å². The maximum absolute atomic E-state index is 4.17. The summed E-state index contributed by atoms with van der Waals surface area (Å²) in [5.41, 5.74) is 2.51. The summed E-state index contributed by atoms with van der Waals surface area (Å²) in [7, 11) is 0. The predicted molar refractivity (Wildman–Crippen MR) is 95.6 cm³/mol. The summed E-state index contributed by atoms with van der Waals surface area (Å²) in [6.07, 6.45) is 12.2. The zero-order valence-electron chi connectivity index (χ0n) is 13.9. The van der Waals surface area contributed by atoms with Crippen molar-refractivity contribution in [2.45, 2.75) is 64.7 Å². The molecule has 1 aromatic rings. The molecule has 1 rings (SSSR count). The van der Waals surface area contributed by atoms with Gasteiger partial charge in [0.1, 0.15) is 0 Å². The van der Waals surface area contributed by atoms with Crippen LogP contribution in [0.3, 0.4) is 0 Å². The summed E-state index contributed by atoms with van der Waals surface area (Å²) in [6.45, 7) is 8.64. The van der Waals surface area contributed by atoms with Crippen molar-refractivity contribution in [3.8, 4) is 0 Å². The Kier molecular flexibility index (Phi) is 10.8. The molecule has 0 heterocycles. The molecule has 1 nitrogen and oxygen atoms in total. The third kappa shape index (κ3) is 9.47. The van der Waals surface area contributed by atoms with Gasteiger partial charge >= 0.3 is 0 Å². The molecule has 0 amide bonds. The van der Waals surface area contributed by atoms with E-state index in [1.807, 2.05) is 0 Å². The van der Waals surface area contributed by atoms with E-state index in [1.165, 1.54) is 62.5 Å². The Morgan fingerprint density at radius 1 is 0.857 bits per heavy atom. The summed E-state index contributed by atoms with van der Waals surface area (Å²) in [4.78, 5) is 0. The normalized spacial score (nSPS) is 10.7. The molecule has 21 heavy (non-hydrogen) atoms. The van der Waals surface area contributed by atoms with E-state index >= 15 is 0 Å². The van der Waals surface area contributed by atoms with Crippen LogP contribution in [-0.4, -0.2) is 13.1 Å². The van der Waals surface area contributed by atoms with E-state index in [-0.39, 0.29) is 0 Å². The lowest BCUT2D eigenvalue weighted by atomic mass is 10.0. The zero-order chi connectivity index (χ0) is 15.2. The number of hydrogen-bond donors (Lipinski definition) is 1. The fourth-order valence-electron chi connectivity index (χ4n) is 2.57. The standard InChI is InChI=1S/C20H33N/c1-3-4-5-6-7-8-9-13-17-21-18-16-19(2)20-14-11-10-12-15-20/h10-12,14-15,21H,2-9,13,16-18H2,1H3. The predicted octanol–water partition coefficient (Wildman–Crippen LogP) is 5.82. The van der Waals surface area contributed by atoms with Crippen LogP contribution in [0.5, 0.6) is 0 Å². The van der Waals surface area contributed by atoms with Gasteiger partial charge in [0.15, 0.2) is 0 Å². The van der Waals surface area contributed by atoms with E-state index in [4.69, 9.17) is 0 Å². The highest BCUT2D eigenvalue weighted by atomic mass is 14.8. The van der Waals surface area contributed by atoms with Crippen LogP contribution in [0, 0.1) is 0 Å². The minimum Gasteiger partial charge on any atom is -0.316 e. The number of benzene rings is 1. The highest BCUT2D eigenvalue weighted by Gasteiger charge is 1.97. The molecular formula is C20H33N. The molecule has 0 radical (unpaired) electrons. The van der Waals surface area contributed by atoms with Crippen LogP contribution in [0.15, 0.2) is 36.9 Å². The van der Waals surface area contributed by atoms with E-state index in [9.17, 15) is 0 Å². The van der Waals surface area contributed by atoms with Gasteiger partial charge in [-0.25, -0.2) is 0 Å². The molecule has 0 saturated heterocycles. The Bertz CT molecular complexity index is 355. The molecule has 0 aliphatic heterocycles. The fraction of sp³-hybridized carbons (Fsp3) is 0.600. The zero-order valence-corrected chi connectivity index (χ0v) is 13.9. The molecule has 0 aliphatic carbocycles. The van der Waals surface area contributed by atoms with Crippen LogP contribution in [0.25, 0.3) is 5.57 Å². The smallest absolute Gasteiger partial charge is 0.000835 e. The maximum atomic E-state index is 4.17. The second-order valence-corrected chi connectivity index (χ2v) is 5.94. The van der Waals surface area contributed by atoms with Crippen LogP contribution >= 0.6 is 0 Å². The van der Waals surface area contributed by atoms with E-state index in [1.54, 1.807) is 0 Å². The third-order valence-corrected chi connectivity index (χ3v) is 3.99. The average Bonchev–Trinajstić information content (AvgIpc) is 2.53. The summed E-state index contributed by atoms with van der Waals surface area (Å²) >= 11 is 0.